The number of hydrogen-bond donors (Lipinski definition) is 3. The Morgan fingerprint density at radius 2 is 1.10 bits per heavy atom. The quantitative estimate of drug-likeness (QED) is 0.130. The summed E-state index contributed by atoms with van der Waals surface area (Å²) in [6.45, 7) is 10.0. The number of Topliss-reactive ketones (excluding diaryl/α,β-unsaturated/α-hetero) is 1. The number of hydrogen-bond acceptors (Lipinski definition) is 9. The van der Waals surface area contributed by atoms with Crippen LogP contribution in [0.2, 0.25) is 0 Å². The predicted octanol–water partition coefficient (Wildman–Crippen LogP) is 8.19. The Kier molecular flexibility index (Phi) is 17.3. The second kappa shape index (κ2) is 24.2. The molecular weight excluding hydrogens is 903 g/mol. The largest absolute Gasteiger partial charge is 0.392 e. The Morgan fingerprint density at radius 1 is 0.620 bits per heavy atom. The number of β-amino-alcohol motifs (C(OH)–C–C–N with tert-alkyl or cyclic N) is 2. The normalized spacial score (nSPS) is 19.7. The minimum absolute atomic E-state index is 0.00532. The molecule has 0 saturated carbocycles. The number of aliphatic hydroxyl groups excluding tert-OH is 2. The van der Waals surface area contributed by atoms with E-state index in [2.05, 4.69) is 33.2 Å². The fraction of sp³-hybridized carbons (Fsp3) is 0.411. The van der Waals surface area contributed by atoms with Crippen molar-refractivity contribution in [1.29, 1.82) is 0 Å². The first-order valence-corrected chi connectivity index (χ1v) is 25.1. The lowest BCUT2D eigenvalue weighted by Gasteiger charge is -2.41. The third-order valence-corrected chi connectivity index (χ3v) is 14.3. The van der Waals surface area contributed by atoms with Gasteiger partial charge in [0.2, 0.25) is 0 Å². The monoisotopic (exact) mass is 969 g/mol. The Hall–Kier alpha value is -6.39. The van der Waals surface area contributed by atoms with Crippen LogP contribution in [0.3, 0.4) is 0 Å². The zero-order valence-corrected chi connectivity index (χ0v) is 40.8. The molecule has 0 unspecified atom stereocenters. The van der Waals surface area contributed by atoms with Crippen molar-refractivity contribution >= 4 is 17.6 Å². The fourth-order valence-corrected chi connectivity index (χ4v) is 10.2. The molecule has 4 saturated heterocycles. The molecule has 374 valence electrons. The van der Waals surface area contributed by atoms with Crippen LogP contribution in [0, 0.1) is 11.6 Å². The van der Waals surface area contributed by atoms with Gasteiger partial charge in [0, 0.05) is 58.2 Å². The summed E-state index contributed by atoms with van der Waals surface area (Å²) < 4.78 is 30.6. The van der Waals surface area contributed by atoms with Gasteiger partial charge in [-0.25, -0.2) is 18.7 Å². The second-order valence-corrected chi connectivity index (χ2v) is 19.1. The van der Waals surface area contributed by atoms with E-state index in [9.17, 15) is 28.3 Å². The van der Waals surface area contributed by atoms with Crippen LogP contribution in [0.25, 0.3) is 22.3 Å². The molecule has 0 aliphatic carbocycles. The van der Waals surface area contributed by atoms with E-state index in [0.29, 0.717) is 56.5 Å². The smallest absolute Gasteiger partial charge is 0.272 e. The third kappa shape index (κ3) is 12.8. The summed E-state index contributed by atoms with van der Waals surface area (Å²) in [4.78, 5) is 52.6. The molecule has 15 heteroatoms. The lowest BCUT2D eigenvalue weighted by atomic mass is 9.95. The molecular formula is C56H66F2N8O5. The summed E-state index contributed by atoms with van der Waals surface area (Å²) >= 11 is 0. The summed E-state index contributed by atoms with van der Waals surface area (Å²) in [6, 6.07) is 29.0. The van der Waals surface area contributed by atoms with Gasteiger partial charge in [0.15, 0.2) is 0 Å². The molecule has 6 aromatic rings. The van der Waals surface area contributed by atoms with Gasteiger partial charge in [0.1, 0.15) is 28.8 Å². The van der Waals surface area contributed by atoms with Gasteiger partial charge in [0.05, 0.1) is 49.3 Å². The van der Waals surface area contributed by atoms with E-state index < -0.39 is 0 Å². The summed E-state index contributed by atoms with van der Waals surface area (Å²) in [5, 5.41) is 22.0. The van der Waals surface area contributed by atoms with Crippen molar-refractivity contribution in [3.8, 4) is 22.3 Å². The molecule has 6 heterocycles. The topological polar surface area (TPSA) is 149 Å². The highest BCUT2D eigenvalue weighted by molar-refractivity contribution is 5.94. The van der Waals surface area contributed by atoms with Gasteiger partial charge in [-0.3, -0.25) is 19.3 Å². The first-order chi connectivity index (χ1) is 34.4. The molecule has 71 heavy (non-hydrogen) atoms. The first kappa shape index (κ1) is 51.0. The molecule has 13 nitrogen and oxygen atoms in total. The fourth-order valence-electron chi connectivity index (χ4n) is 10.2. The highest BCUT2D eigenvalue weighted by Crippen LogP contribution is 2.33. The Morgan fingerprint density at radius 3 is 1.55 bits per heavy atom. The molecule has 3 N–H and O–H groups in total. The number of likely N-dealkylation sites (tertiary alicyclic amines) is 3. The third-order valence-electron chi connectivity index (χ3n) is 14.3. The van der Waals surface area contributed by atoms with Crippen molar-refractivity contribution in [2.45, 2.75) is 95.5 Å². The number of benzene rings is 4. The number of ketones is 1. The summed E-state index contributed by atoms with van der Waals surface area (Å²) in [5.41, 5.74) is 6.99. The molecule has 0 radical (unpaired) electrons. The van der Waals surface area contributed by atoms with Gasteiger partial charge < -0.3 is 34.5 Å². The van der Waals surface area contributed by atoms with Crippen LogP contribution in [0.1, 0.15) is 109 Å². The maximum atomic E-state index is 13.5. The number of rotatable bonds is 9. The van der Waals surface area contributed by atoms with Gasteiger partial charge in [-0.15, -0.1) is 0 Å². The van der Waals surface area contributed by atoms with E-state index in [4.69, 9.17) is 5.11 Å². The Labute approximate surface area is 415 Å². The Balaban J connectivity index is 0.000000169. The highest BCUT2D eigenvalue weighted by atomic mass is 19.1. The molecule has 0 bridgehead atoms. The molecule has 4 aliphatic heterocycles. The number of piperidine rings is 4. The van der Waals surface area contributed by atoms with Crippen LogP contribution < -0.4 is 5.32 Å². The summed E-state index contributed by atoms with van der Waals surface area (Å²) in [6.07, 6.45) is 13.0. The number of nitrogens with one attached hydrogen (secondary N) is 1. The minimum atomic E-state index is -0.276. The van der Waals surface area contributed by atoms with Crippen molar-refractivity contribution in [1.82, 2.24) is 39.1 Å². The van der Waals surface area contributed by atoms with E-state index in [1.807, 2.05) is 63.4 Å². The van der Waals surface area contributed by atoms with Crippen molar-refractivity contribution < 1.29 is 33.4 Å². The van der Waals surface area contributed by atoms with Crippen LogP contribution in [-0.2, 0) is 4.79 Å². The zero-order valence-electron chi connectivity index (χ0n) is 40.8. The van der Waals surface area contributed by atoms with E-state index in [-0.39, 0.29) is 53.5 Å². The van der Waals surface area contributed by atoms with Gasteiger partial charge in [-0.2, -0.15) is 0 Å². The van der Waals surface area contributed by atoms with Crippen LogP contribution in [-0.4, -0.2) is 132 Å². The number of nitrogens with zero attached hydrogens (tertiary/aromatic N) is 7. The minimum Gasteiger partial charge on any atom is -0.392 e. The molecule has 2 amide bonds. The lowest BCUT2D eigenvalue weighted by Crippen LogP contribution is -2.50. The summed E-state index contributed by atoms with van der Waals surface area (Å²) in [7, 11) is 0. The van der Waals surface area contributed by atoms with E-state index in [0.717, 1.165) is 98.1 Å². The van der Waals surface area contributed by atoms with Gasteiger partial charge in [0.25, 0.3) is 11.8 Å². The standard InChI is InChI=1S/C28H33FN4O2.C23H22FN3O2.C5H11NO/c1-20(25-6-2-3-7-26(25)21-8-10-22(29)11-9-21)33-19-30-17-27(33)28(35)31-15-12-23(13-16-31)32-14-4-5-24(34)18-32;1-16(20-4-2-3-5-21(20)17-6-8-18(24)9-7-17)27-15-25-14-22(27)23(29)26-12-10-19(28)11-13-26;7-5-2-1-3-6-4-5/h2-3,6-11,17,19-20,23-24,34H,4-5,12-16,18H2,1H3;2-9,14-16H,10-13H2,1H3;5-7H,1-4H2/t20-,24-;16-;5-/m000/s1. The van der Waals surface area contributed by atoms with Crippen molar-refractivity contribution in [2.24, 2.45) is 0 Å². The van der Waals surface area contributed by atoms with Crippen molar-refractivity contribution in [3.63, 3.8) is 0 Å². The highest BCUT2D eigenvalue weighted by Gasteiger charge is 2.32. The number of imidazole rings is 2. The average molecular weight is 969 g/mol. The molecule has 0 spiro atoms. The molecule has 2 aromatic heterocycles. The maximum Gasteiger partial charge on any atom is 0.272 e. The van der Waals surface area contributed by atoms with E-state index >= 15 is 0 Å². The summed E-state index contributed by atoms with van der Waals surface area (Å²) in [5.74, 6) is -0.445. The van der Waals surface area contributed by atoms with Crippen LogP contribution in [0.4, 0.5) is 8.78 Å². The average Bonchev–Trinajstić information content (AvgIpc) is 4.11. The maximum absolute atomic E-state index is 13.5. The molecule has 4 aliphatic rings. The van der Waals surface area contributed by atoms with Gasteiger partial charge in [-0.1, -0.05) is 72.8 Å². The number of carbonyl (C=O) groups excluding carboxylic acids is 3. The van der Waals surface area contributed by atoms with Gasteiger partial charge in [-0.05, 0) is 123 Å². The number of carbonyl (C=O) groups is 3. The van der Waals surface area contributed by atoms with Gasteiger partial charge >= 0.3 is 0 Å². The molecule has 4 fully saturated rings. The SMILES string of the molecule is C[C@@H](c1ccccc1-c1ccc(F)cc1)n1cncc1C(=O)N1CCC(=O)CC1.C[C@@H](c1ccccc1-c1ccc(F)cc1)n1cncc1C(=O)N1CCC(N2CCC[C@H](O)C2)CC1.O[C@H]1CCCNC1. The first-order valence-electron chi connectivity index (χ1n) is 25.1. The van der Waals surface area contributed by atoms with Crippen LogP contribution >= 0.6 is 0 Å². The van der Waals surface area contributed by atoms with E-state index in [1.54, 1.807) is 54.2 Å². The second-order valence-electron chi connectivity index (χ2n) is 19.1. The number of aromatic nitrogens is 4. The van der Waals surface area contributed by atoms with Crippen molar-refractivity contribution in [3.05, 3.63) is 156 Å². The van der Waals surface area contributed by atoms with E-state index in [1.165, 1.54) is 24.3 Å². The van der Waals surface area contributed by atoms with Crippen molar-refractivity contribution in [2.75, 3.05) is 52.4 Å². The zero-order chi connectivity index (χ0) is 49.9. The van der Waals surface area contributed by atoms with Crippen LogP contribution in [0.15, 0.2) is 122 Å². The Bertz CT molecular complexity index is 2680. The lowest BCUT2D eigenvalue weighted by molar-refractivity contribution is -0.120. The number of aliphatic hydroxyl groups is 2. The number of amides is 2. The predicted molar refractivity (Wildman–Crippen MR) is 270 cm³/mol. The molecule has 10 rings (SSSR count). The molecule has 4 aromatic carbocycles. The molecule has 4 atom stereocenters. The number of halogens is 2. The van der Waals surface area contributed by atoms with Crippen LogP contribution in [0.5, 0.6) is 0 Å².